The lowest BCUT2D eigenvalue weighted by Crippen LogP contribution is -2.32. The Bertz CT molecular complexity index is 538. The fourth-order valence-corrected chi connectivity index (χ4v) is 2.44. The zero-order valence-electron chi connectivity index (χ0n) is 11.8. The highest BCUT2D eigenvalue weighted by Crippen LogP contribution is 2.29. The Morgan fingerprint density at radius 2 is 2.14 bits per heavy atom. The number of nitrogens with zero attached hydrogens (tertiary/aromatic N) is 2. The van der Waals surface area contributed by atoms with Crippen LogP contribution in [0.1, 0.15) is 23.2 Å². The van der Waals surface area contributed by atoms with Crippen LogP contribution in [-0.2, 0) is 0 Å². The molecule has 1 saturated heterocycles. The lowest BCUT2D eigenvalue weighted by atomic mass is 9.98. The Morgan fingerprint density at radius 3 is 2.71 bits per heavy atom. The molecule has 1 aromatic carbocycles. The van der Waals surface area contributed by atoms with E-state index >= 15 is 0 Å². The standard InChI is InChI=1S/C14H18N2O5/c1-15-7-5-10(6-8-15)9-21-12-4-2-3-11(16(19)20)13(12)14(17)18/h2-4,10H,5-9H2,1H3,(H,17,18). The van der Waals surface area contributed by atoms with Gasteiger partial charge in [-0.1, -0.05) is 6.07 Å². The zero-order valence-corrected chi connectivity index (χ0v) is 11.8. The van der Waals surface area contributed by atoms with Crippen LogP contribution in [0.25, 0.3) is 0 Å². The molecule has 1 heterocycles. The SMILES string of the molecule is CN1CCC(COc2cccc([N+](=O)[O-])c2C(=O)O)CC1. The number of rotatable bonds is 5. The molecule has 1 N–H and O–H groups in total. The van der Waals surface area contributed by atoms with Crippen molar-refractivity contribution in [1.29, 1.82) is 0 Å². The first-order chi connectivity index (χ1) is 9.99. The van der Waals surface area contributed by atoms with E-state index in [1.807, 2.05) is 0 Å². The topological polar surface area (TPSA) is 92.9 Å². The minimum absolute atomic E-state index is 0.0654. The lowest BCUT2D eigenvalue weighted by Gasteiger charge is -2.28. The largest absolute Gasteiger partial charge is 0.492 e. The van der Waals surface area contributed by atoms with Gasteiger partial charge >= 0.3 is 5.97 Å². The summed E-state index contributed by atoms with van der Waals surface area (Å²) in [5, 5.41) is 20.1. The Labute approximate surface area is 122 Å². The van der Waals surface area contributed by atoms with Crippen molar-refractivity contribution in [2.24, 2.45) is 5.92 Å². The molecule has 0 atom stereocenters. The van der Waals surface area contributed by atoms with Gasteiger partial charge in [0, 0.05) is 6.07 Å². The molecule has 0 bridgehead atoms. The fourth-order valence-electron chi connectivity index (χ4n) is 2.44. The Kier molecular flexibility index (Phi) is 4.74. The third-order valence-corrected chi connectivity index (χ3v) is 3.73. The number of nitro groups is 1. The second kappa shape index (κ2) is 6.53. The van der Waals surface area contributed by atoms with Crippen LogP contribution in [-0.4, -0.2) is 47.6 Å². The third-order valence-electron chi connectivity index (χ3n) is 3.73. The molecule has 0 saturated carbocycles. The predicted molar refractivity (Wildman–Crippen MR) is 75.8 cm³/mol. The van der Waals surface area contributed by atoms with E-state index in [4.69, 9.17) is 4.74 Å². The molecule has 1 fully saturated rings. The van der Waals surface area contributed by atoms with E-state index in [0.29, 0.717) is 12.5 Å². The first kappa shape index (κ1) is 15.2. The van der Waals surface area contributed by atoms with Crippen molar-refractivity contribution >= 4 is 11.7 Å². The van der Waals surface area contributed by atoms with Crippen LogP contribution in [0, 0.1) is 16.0 Å². The first-order valence-corrected chi connectivity index (χ1v) is 6.81. The number of carbonyl (C=O) groups is 1. The predicted octanol–water partition coefficient (Wildman–Crippen LogP) is 2.01. The molecule has 0 spiro atoms. The molecule has 1 aliphatic heterocycles. The van der Waals surface area contributed by atoms with Gasteiger partial charge in [0.15, 0.2) is 5.56 Å². The second-order valence-corrected chi connectivity index (χ2v) is 5.27. The summed E-state index contributed by atoms with van der Waals surface area (Å²) in [4.78, 5) is 23.7. The van der Waals surface area contributed by atoms with E-state index in [1.54, 1.807) is 0 Å². The Hall–Kier alpha value is -2.15. The normalized spacial score (nSPS) is 16.6. The molecule has 0 aliphatic carbocycles. The molecule has 1 aliphatic rings. The number of hydrogen-bond acceptors (Lipinski definition) is 5. The molecule has 7 heteroatoms. The van der Waals surface area contributed by atoms with Crippen molar-refractivity contribution in [2.75, 3.05) is 26.7 Å². The van der Waals surface area contributed by atoms with E-state index in [9.17, 15) is 20.0 Å². The number of ether oxygens (including phenoxy) is 1. The van der Waals surface area contributed by atoms with Crippen LogP contribution in [0.4, 0.5) is 5.69 Å². The summed E-state index contributed by atoms with van der Waals surface area (Å²) in [5.74, 6) is -0.932. The van der Waals surface area contributed by atoms with E-state index in [0.717, 1.165) is 25.9 Å². The number of piperidine rings is 1. The van der Waals surface area contributed by atoms with Gasteiger partial charge in [0.05, 0.1) is 11.5 Å². The van der Waals surface area contributed by atoms with Crippen LogP contribution in [0.15, 0.2) is 18.2 Å². The molecule has 21 heavy (non-hydrogen) atoms. The summed E-state index contributed by atoms with van der Waals surface area (Å²) < 4.78 is 5.56. The molecule has 114 valence electrons. The molecule has 0 unspecified atom stereocenters. The van der Waals surface area contributed by atoms with E-state index in [-0.39, 0.29) is 11.3 Å². The summed E-state index contributed by atoms with van der Waals surface area (Å²) in [6, 6.07) is 4.08. The Balaban J connectivity index is 2.11. The van der Waals surface area contributed by atoms with Gasteiger partial charge in [-0.15, -0.1) is 0 Å². The minimum Gasteiger partial charge on any atom is -0.492 e. The zero-order chi connectivity index (χ0) is 15.4. The molecule has 0 aromatic heterocycles. The number of nitro benzene ring substituents is 1. The summed E-state index contributed by atoms with van der Waals surface area (Å²) in [7, 11) is 2.06. The van der Waals surface area contributed by atoms with E-state index < -0.39 is 16.6 Å². The fraction of sp³-hybridized carbons (Fsp3) is 0.500. The highest BCUT2D eigenvalue weighted by atomic mass is 16.6. The van der Waals surface area contributed by atoms with Crippen LogP contribution >= 0.6 is 0 Å². The minimum atomic E-state index is -1.35. The number of likely N-dealkylation sites (tertiary alicyclic amines) is 1. The summed E-state index contributed by atoms with van der Waals surface area (Å²) in [6.45, 7) is 2.35. The van der Waals surface area contributed by atoms with Gasteiger partial charge < -0.3 is 14.7 Å². The first-order valence-electron chi connectivity index (χ1n) is 6.81. The van der Waals surface area contributed by atoms with Crippen molar-refractivity contribution in [2.45, 2.75) is 12.8 Å². The Morgan fingerprint density at radius 1 is 1.48 bits per heavy atom. The van der Waals surface area contributed by atoms with Gasteiger partial charge in [0.25, 0.3) is 5.69 Å². The van der Waals surface area contributed by atoms with Crippen molar-refractivity contribution < 1.29 is 19.6 Å². The molecule has 7 nitrogen and oxygen atoms in total. The smallest absolute Gasteiger partial charge is 0.346 e. The second-order valence-electron chi connectivity index (χ2n) is 5.27. The molecule has 0 radical (unpaired) electrons. The van der Waals surface area contributed by atoms with Crippen LogP contribution in [0.3, 0.4) is 0 Å². The van der Waals surface area contributed by atoms with Gasteiger partial charge in [-0.25, -0.2) is 4.79 Å². The average molecular weight is 294 g/mol. The van der Waals surface area contributed by atoms with Gasteiger partial charge in [0.1, 0.15) is 5.75 Å². The maximum Gasteiger partial charge on any atom is 0.346 e. The summed E-state index contributed by atoms with van der Waals surface area (Å²) >= 11 is 0. The van der Waals surface area contributed by atoms with Gasteiger partial charge in [-0.2, -0.15) is 0 Å². The van der Waals surface area contributed by atoms with Crippen molar-refractivity contribution in [1.82, 2.24) is 4.90 Å². The molecular weight excluding hydrogens is 276 g/mol. The van der Waals surface area contributed by atoms with Gasteiger partial charge in [0.2, 0.25) is 0 Å². The monoisotopic (exact) mass is 294 g/mol. The number of aromatic carboxylic acids is 1. The highest BCUT2D eigenvalue weighted by Gasteiger charge is 2.25. The van der Waals surface area contributed by atoms with Crippen LogP contribution in [0.2, 0.25) is 0 Å². The molecule has 2 rings (SSSR count). The van der Waals surface area contributed by atoms with Gasteiger partial charge in [-0.3, -0.25) is 10.1 Å². The summed E-state index contributed by atoms with van der Waals surface area (Å²) in [5.41, 5.74) is -0.821. The number of carboxylic acid groups (broad SMARTS) is 1. The van der Waals surface area contributed by atoms with Crippen molar-refractivity contribution in [3.63, 3.8) is 0 Å². The highest BCUT2D eigenvalue weighted by molar-refractivity contribution is 5.95. The third kappa shape index (κ3) is 3.69. The molecule has 0 amide bonds. The number of carboxylic acids is 1. The molecular formula is C14H18N2O5. The van der Waals surface area contributed by atoms with E-state index in [2.05, 4.69) is 11.9 Å². The summed E-state index contributed by atoms with van der Waals surface area (Å²) in [6.07, 6.45) is 1.96. The average Bonchev–Trinajstić information content (AvgIpc) is 2.46. The lowest BCUT2D eigenvalue weighted by molar-refractivity contribution is -0.385. The maximum atomic E-state index is 11.3. The molecule has 1 aromatic rings. The van der Waals surface area contributed by atoms with Gasteiger partial charge in [-0.05, 0) is 45.0 Å². The number of hydrogen-bond donors (Lipinski definition) is 1. The van der Waals surface area contributed by atoms with Crippen molar-refractivity contribution in [3.05, 3.63) is 33.9 Å². The van der Waals surface area contributed by atoms with Crippen LogP contribution in [0.5, 0.6) is 5.75 Å². The van der Waals surface area contributed by atoms with Crippen molar-refractivity contribution in [3.8, 4) is 5.75 Å². The van der Waals surface area contributed by atoms with E-state index in [1.165, 1.54) is 18.2 Å². The maximum absolute atomic E-state index is 11.3. The van der Waals surface area contributed by atoms with Crippen LogP contribution < -0.4 is 4.74 Å². The quantitative estimate of drug-likeness (QED) is 0.659. The number of benzene rings is 1.